The Balaban J connectivity index is 0.00000342. The van der Waals surface area contributed by atoms with Gasteiger partial charge in [0.2, 0.25) is 0 Å². The lowest BCUT2D eigenvalue weighted by Gasteiger charge is -2.37. The third-order valence-corrected chi connectivity index (χ3v) is 6.95. The average molecular weight is 523 g/mol. The first kappa shape index (κ1) is 27.3. The van der Waals surface area contributed by atoms with Crippen molar-refractivity contribution in [2.75, 3.05) is 62.2 Å². The molecule has 1 N–H and O–H groups in total. The SMILES string of the molecule is CCc1n[nH]c2ncnc(N3CCN(c4cc(Cl)cc(OCCCN(CC)CC)c4C)CC3)c12.Cl. The number of aromatic nitrogens is 4. The molecular formula is C25H37Cl2N7O. The Morgan fingerprint density at radius 3 is 2.46 bits per heavy atom. The molecule has 1 aromatic carbocycles. The van der Waals surface area contributed by atoms with Gasteiger partial charge in [-0.25, -0.2) is 9.97 Å². The maximum atomic E-state index is 6.51. The first-order valence-electron chi connectivity index (χ1n) is 12.4. The van der Waals surface area contributed by atoms with Crippen LogP contribution in [0.1, 0.15) is 38.4 Å². The van der Waals surface area contributed by atoms with E-state index in [1.165, 1.54) is 0 Å². The summed E-state index contributed by atoms with van der Waals surface area (Å²) in [5.74, 6) is 1.85. The molecule has 1 aliphatic rings. The number of aromatic amines is 1. The molecule has 192 valence electrons. The average Bonchev–Trinajstić information content (AvgIpc) is 3.29. The lowest BCUT2D eigenvalue weighted by atomic mass is 10.1. The number of nitrogens with zero attached hydrogens (tertiary/aromatic N) is 6. The molecule has 3 heterocycles. The summed E-state index contributed by atoms with van der Waals surface area (Å²) in [6, 6.07) is 4.00. The van der Waals surface area contributed by atoms with Crippen molar-refractivity contribution in [1.82, 2.24) is 25.1 Å². The van der Waals surface area contributed by atoms with Crippen molar-refractivity contribution >= 4 is 46.5 Å². The van der Waals surface area contributed by atoms with Gasteiger partial charge in [0.05, 0.1) is 17.7 Å². The summed E-state index contributed by atoms with van der Waals surface area (Å²) in [6.45, 7) is 16.0. The third kappa shape index (κ3) is 6.11. The van der Waals surface area contributed by atoms with E-state index in [0.29, 0.717) is 11.6 Å². The summed E-state index contributed by atoms with van der Waals surface area (Å²) in [6.07, 6.45) is 3.47. The van der Waals surface area contributed by atoms with Gasteiger partial charge in [-0.3, -0.25) is 5.10 Å². The van der Waals surface area contributed by atoms with Gasteiger partial charge in [0.1, 0.15) is 17.9 Å². The van der Waals surface area contributed by atoms with Crippen LogP contribution in [0.15, 0.2) is 18.5 Å². The van der Waals surface area contributed by atoms with Gasteiger partial charge in [-0.2, -0.15) is 5.10 Å². The molecule has 1 fully saturated rings. The lowest BCUT2D eigenvalue weighted by Crippen LogP contribution is -2.47. The highest BCUT2D eigenvalue weighted by Gasteiger charge is 2.24. The van der Waals surface area contributed by atoms with Crippen LogP contribution >= 0.6 is 24.0 Å². The van der Waals surface area contributed by atoms with E-state index in [9.17, 15) is 0 Å². The Kier molecular flexibility index (Phi) is 9.83. The Bertz CT molecular complexity index is 1090. The number of halogens is 2. The molecule has 0 aliphatic carbocycles. The summed E-state index contributed by atoms with van der Waals surface area (Å²) >= 11 is 6.51. The normalized spacial score (nSPS) is 14.0. The maximum Gasteiger partial charge on any atom is 0.160 e. The number of H-pyrrole nitrogens is 1. The number of ether oxygens (including phenoxy) is 1. The summed E-state index contributed by atoms with van der Waals surface area (Å²) < 4.78 is 6.17. The van der Waals surface area contributed by atoms with Gasteiger partial charge in [0, 0.05) is 49.0 Å². The molecule has 10 heteroatoms. The number of fused-ring (bicyclic) bond motifs is 1. The van der Waals surface area contributed by atoms with Crippen molar-refractivity contribution in [2.24, 2.45) is 0 Å². The fourth-order valence-corrected chi connectivity index (χ4v) is 4.89. The second-order valence-corrected chi connectivity index (χ2v) is 9.13. The van der Waals surface area contributed by atoms with Crippen LogP contribution in [0.3, 0.4) is 0 Å². The smallest absolute Gasteiger partial charge is 0.160 e. The summed E-state index contributed by atoms with van der Waals surface area (Å²) in [7, 11) is 0. The summed E-state index contributed by atoms with van der Waals surface area (Å²) in [5, 5.41) is 9.21. The van der Waals surface area contributed by atoms with Gasteiger partial charge in [-0.05, 0) is 45.0 Å². The van der Waals surface area contributed by atoms with Crippen molar-refractivity contribution < 1.29 is 4.74 Å². The first-order chi connectivity index (χ1) is 16.5. The molecule has 0 atom stereocenters. The number of rotatable bonds is 10. The fourth-order valence-electron chi connectivity index (χ4n) is 4.69. The molecule has 1 saturated heterocycles. The number of benzene rings is 1. The van der Waals surface area contributed by atoms with Crippen molar-refractivity contribution in [3.8, 4) is 5.75 Å². The largest absolute Gasteiger partial charge is 0.493 e. The van der Waals surface area contributed by atoms with Gasteiger partial charge in [0.15, 0.2) is 5.65 Å². The molecule has 0 saturated carbocycles. The van der Waals surface area contributed by atoms with Crippen molar-refractivity contribution in [1.29, 1.82) is 0 Å². The molecule has 4 rings (SSSR count). The van der Waals surface area contributed by atoms with E-state index in [2.05, 4.69) is 68.6 Å². The van der Waals surface area contributed by atoms with E-state index in [1.807, 2.05) is 6.07 Å². The summed E-state index contributed by atoms with van der Waals surface area (Å²) in [4.78, 5) is 16.1. The molecular weight excluding hydrogens is 485 g/mol. The van der Waals surface area contributed by atoms with E-state index >= 15 is 0 Å². The van der Waals surface area contributed by atoms with Crippen LogP contribution in [0.25, 0.3) is 11.0 Å². The van der Waals surface area contributed by atoms with Crippen LogP contribution in [-0.4, -0.2) is 77.5 Å². The molecule has 2 aromatic heterocycles. The quantitative estimate of drug-likeness (QED) is 0.386. The van der Waals surface area contributed by atoms with Gasteiger partial charge < -0.3 is 19.4 Å². The molecule has 0 bridgehead atoms. The number of hydrogen-bond acceptors (Lipinski definition) is 7. The van der Waals surface area contributed by atoms with E-state index < -0.39 is 0 Å². The third-order valence-electron chi connectivity index (χ3n) is 6.74. The summed E-state index contributed by atoms with van der Waals surface area (Å²) in [5.41, 5.74) is 4.11. The highest BCUT2D eigenvalue weighted by molar-refractivity contribution is 6.31. The van der Waals surface area contributed by atoms with Crippen LogP contribution in [0, 0.1) is 6.92 Å². The molecule has 0 spiro atoms. The second-order valence-electron chi connectivity index (χ2n) is 8.70. The maximum absolute atomic E-state index is 6.51. The lowest BCUT2D eigenvalue weighted by molar-refractivity contribution is 0.248. The van der Waals surface area contributed by atoms with Crippen molar-refractivity contribution in [2.45, 2.75) is 40.5 Å². The molecule has 0 radical (unpaired) electrons. The second kappa shape index (κ2) is 12.6. The van der Waals surface area contributed by atoms with E-state index in [4.69, 9.17) is 16.3 Å². The Morgan fingerprint density at radius 2 is 1.77 bits per heavy atom. The number of hydrogen-bond donors (Lipinski definition) is 1. The highest BCUT2D eigenvalue weighted by Crippen LogP contribution is 2.34. The molecule has 8 nitrogen and oxygen atoms in total. The van der Waals surface area contributed by atoms with Gasteiger partial charge >= 0.3 is 0 Å². The van der Waals surface area contributed by atoms with E-state index in [-0.39, 0.29) is 12.4 Å². The van der Waals surface area contributed by atoms with Crippen molar-refractivity contribution in [3.05, 3.63) is 34.7 Å². The minimum atomic E-state index is 0. The predicted octanol–water partition coefficient (Wildman–Crippen LogP) is 4.74. The van der Waals surface area contributed by atoms with E-state index in [1.54, 1.807) is 6.33 Å². The van der Waals surface area contributed by atoms with Crippen molar-refractivity contribution in [3.63, 3.8) is 0 Å². The molecule has 35 heavy (non-hydrogen) atoms. The highest BCUT2D eigenvalue weighted by atomic mass is 35.5. The van der Waals surface area contributed by atoms with Crippen LogP contribution in [0.2, 0.25) is 5.02 Å². The number of aryl methyl sites for hydroxylation is 1. The zero-order valence-electron chi connectivity index (χ0n) is 21.2. The Hall–Kier alpha value is -2.29. The Labute approximate surface area is 219 Å². The zero-order valence-corrected chi connectivity index (χ0v) is 22.8. The molecule has 3 aromatic rings. The zero-order chi connectivity index (χ0) is 24.1. The van der Waals surface area contributed by atoms with Crippen LogP contribution in [0.5, 0.6) is 5.75 Å². The number of anilines is 2. The van der Waals surface area contributed by atoms with Crippen LogP contribution in [0.4, 0.5) is 11.5 Å². The topological polar surface area (TPSA) is 73.4 Å². The minimum Gasteiger partial charge on any atom is -0.493 e. The van der Waals surface area contributed by atoms with Gasteiger partial charge in [-0.15, -0.1) is 12.4 Å². The first-order valence-corrected chi connectivity index (χ1v) is 12.8. The standard InChI is InChI=1S/C25H36ClN7O.ClH/c1-5-20-23-24(30-29-20)27-17-28-25(23)33-12-10-32(11-13-33)21-15-19(26)16-22(18(21)4)34-14-8-9-31(6-2)7-3;/h15-17H,5-14H2,1-4H3,(H,27,28,29,30);1H. The number of piperazine rings is 1. The van der Waals surface area contributed by atoms with Gasteiger partial charge in [-0.1, -0.05) is 32.4 Å². The van der Waals surface area contributed by atoms with Gasteiger partial charge in [0.25, 0.3) is 0 Å². The molecule has 1 aliphatic heterocycles. The molecule has 0 unspecified atom stereocenters. The monoisotopic (exact) mass is 521 g/mol. The van der Waals surface area contributed by atoms with E-state index in [0.717, 1.165) is 98.2 Å². The number of nitrogens with one attached hydrogen (secondary N) is 1. The van der Waals surface area contributed by atoms with Crippen LogP contribution < -0.4 is 14.5 Å². The predicted molar refractivity (Wildman–Crippen MR) is 147 cm³/mol. The Morgan fingerprint density at radius 1 is 1.06 bits per heavy atom. The van der Waals surface area contributed by atoms with Crippen LogP contribution in [-0.2, 0) is 6.42 Å². The fraction of sp³-hybridized carbons (Fsp3) is 0.560. The minimum absolute atomic E-state index is 0. The molecule has 0 amide bonds.